The van der Waals surface area contributed by atoms with Crippen LogP contribution in [0.5, 0.6) is 5.75 Å². The van der Waals surface area contributed by atoms with Crippen molar-refractivity contribution in [1.29, 1.82) is 0 Å². The van der Waals surface area contributed by atoms with Gasteiger partial charge in [-0.2, -0.15) is 0 Å². The maximum absolute atomic E-state index is 13.9. The topological polar surface area (TPSA) is 108 Å². The lowest BCUT2D eigenvalue weighted by molar-refractivity contribution is -0.140. The van der Waals surface area contributed by atoms with Crippen molar-refractivity contribution in [2.75, 3.05) is 11.9 Å². The summed E-state index contributed by atoms with van der Waals surface area (Å²) in [6.07, 6.45) is 5.22. The lowest BCUT2D eigenvalue weighted by atomic mass is 10.0. The predicted octanol–water partition coefficient (Wildman–Crippen LogP) is 7.14. The first-order valence-electron chi connectivity index (χ1n) is 14.0. The number of benzene rings is 2. The number of anilines is 1. The molecule has 0 saturated heterocycles. The van der Waals surface area contributed by atoms with Crippen LogP contribution in [-0.2, 0) is 14.3 Å². The van der Waals surface area contributed by atoms with Gasteiger partial charge in [0.2, 0.25) is 5.91 Å². The summed E-state index contributed by atoms with van der Waals surface area (Å²) in [6.45, 7) is 11.0. The molecule has 40 heavy (non-hydrogen) atoms. The van der Waals surface area contributed by atoms with E-state index in [4.69, 9.17) is 16.3 Å². The number of aryl methyl sites for hydroxylation is 1. The number of ether oxygens (including phenoxy) is 1. The Bertz CT molecular complexity index is 1130. The van der Waals surface area contributed by atoms with Crippen molar-refractivity contribution in [3.05, 3.63) is 58.6 Å². The Labute approximate surface area is 243 Å². The number of alkyl carbamates (subject to hydrolysis) is 1. The second-order valence-electron chi connectivity index (χ2n) is 11.1. The number of hydrogen-bond acceptors (Lipinski definition) is 5. The molecule has 2 aromatic rings. The monoisotopic (exact) mass is 573 g/mol. The Morgan fingerprint density at radius 3 is 2.30 bits per heavy atom. The second-order valence-corrected chi connectivity index (χ2v) is 11.5. The fourth-order valence-corrected chi connectivity index (χ4v) is 4.64. The van der Waals surface area contributed by atoms with Crippen molar-refractivity contribution >= 4 is 35.2 Å². The zero-order valence-electron chi connectivity index (χ0n) is 24.6. The Morgan fingerprint density at radius 2 is 1.68 bits per heavy atom. The first kappa shape index (κ1) is 32.9. The van der Waals surface area contributed by atoms with E-state index in [0.29, 0.717) is 22.7 Å². The van der Waals surface area contributed by atoms with Gasteiger partial charge in [-0.1, -0.05) is 74.9 Å². The highest BCUT2D eigenvalue weighted by Crippen LogP contribution is 2.30. The molecule has 0 aromatic heterocycles. The summed E-state index contributed by atoms with van der Waals surface area (Å²) in [4.78, 5) is 41.7. The molecule has 2 rings (SSSR count). The molecule has 0 fully saturated rings. The van der Waals surface area contributed by atoms with Crippen molar-refractivity contribution in [3.8, 4) is 5.75 Å². The molecule has 0 heterocycles. The zero-order chi connectivity index (χ0) is 29.9. The molecule has 0 aliphatic carbocycles. The minimum atomic E-state index is -1.09. The molecular weight excluding hydrogens is 530 g/mol. The van der Waals surface area contributed by atoms with E-state index in [-0.39, 0.29) is 12.3 Å². The van der Waals surface area contributed by atoms with E-state index in [1.54, 1.807) is 52.0 Å². The fraction of sp³-hybridized carbons (Fsp3) is 0.516. The number of hydrogen-bond donors (Lipinski definition) is 3. The number of para-hydroxylation sites is 1. The highest BCUT2D eigenvalue weighted by atomic mass is 35.5. The van der Waals surface area contributed by atoms with Gasteiger partial charge in [-0.05, 0) is 70.4 Å². The molecule has 0 aliphatic heterocycles. The standard InChI is InChI=1S/C31H44ClN3O5/c1-7-8-9-10-11-12-19-35(29(38)22(3)33-30(39)40-31(4,5)6)27(23-16-14-17-24(36)20-23)28(37)34-26-21(2)15-13-18-25(26)32/h13-18,20,22,27,36H,7-12,19H2,1-6H3,(H,33,39)(H,34,37). The van der Waals surface area contributed by atoms with Crippen LogP contribution in [0.2, 0.25) is 5.02 Å². The number of unbranched alkanes of at least 4 members (excludes halogenated alkanes) is 5. The summed E-state index contributed by atoms with van der Waals surface area (Å²) in [5, 5.41) is 16.1. The minimum Gasteiger partial charge on any atom is -0.508 e. The average Bonchev–Trinajstić information content (AvgIpc) is 2.86. The van der Waals surface area contributed by atoms with Crippen LogP contribution >= 0.6 is 11.6 Å². The SMILES string of the molecule is CCCCCCCCN(C(=O)C(C)NC(=O)OC(C)(C)C)C(C(=O)Nc1c(C)cccc1Cl)c1cccc(O)c1. The third-order valence-electron chi connectivity index (χ3n) is 6.36. The van der Waals surface area contributed by atoms with Gasteiger partial charge >= 0.3 is 6.09 Å². The lowest BCUT2D eigenvalue weighted by Crippen LogP contribution is -2.51. The second kappa shape index (κ2) is 15.5. The Morgan fingerprint density at radius 1 is 1.02 bits per heavy atom. The number of phenolic OH excluding ortho intramolecular Hbond substituents is 1. The number of phenols is 1. The van der Waals surface area contributed by atoms with E-state index < -0.39 is 35.6 Å². The van der Waals surface area contributed by atoms with E-state index in [9.17, 15) is 19.5 Å². The molecule has 3 amide bonds. The van der Waals surface area contributed by atoms with Gasteiger partial charge in [-0.25, -0.2) is 4.79 Å². The van der Waals surface area contributed by atoms with Crippen molar-refractivity contribution in [2.24, 2.45) is 0 Å². The van der Waals surface area contributed by atoms with Gasteiger partial charge in [-0.3, -0.25) is 9.59 Å². The summed E-state index contributed by atoms with van der Waals surface area (Å²) in [7, 11) is 0. The normalized spacial score (nSPS) is 12.8. The minimum absolute atomic E-state index is 0.0314. The predicted molar refractivity (Wildman–Crippen MR) is 160 cm³/mol. The first-order chi connectivity index (χ1) is 18.8. The van der Waals surface area contributed by atoms with Crippen LogP contribution in [0.1, 0.15) is 90.3 Å². The number of aromatic hydroxyl groups is 1. The number of rotatable bonds is 13. The molecule has 0 saturated carbocycles. The molecule has 2 unspecified atom stereocenters. The zero-order valence-corrected chi connectivity index (χ0v) is 25.3. The summed E-state index contributed by atoms with van der Waals surface area (Å²) >= 11 is 6.40. The van der Waals surface area contributed by atoms with Crippen LogP contribution in [0.15, 0.2) is 42.5 Å². The molecular formula is C31H44ClN3O5. The number of carbonyl (C=O) groups is 3. The van der Waals surface area contributed by atoms with E-state index in [2.05, 4.69) is 17.6 Å². The summed E-state index contributed by atoms with van der Waals surface area (Å²) in [5.74, 6) is -0.958. The van der Waals surface area contributed by atoms with Crippen LogP contribution < -0.4 is 10.6 Å². The Balaban J connectivity index is 2.44. The van der Waals surface area contributed by atoms with Gasteiger partial charge in [0.1, 0.15) is 23.4 Å². The maximum atomic E-state index is 13.9. The third-order valence-corrected chi connectivity index (χ3v) is 6.67. The average molecular weight is 574 g/mol. The molecule has 9 heteroatoms. The fourth-order valence-electron chi connectivity index (χ4n) is 4.37. The Hall–Kier alpha value is -3.26. The van der Waals surface area contributed by atoms with Crippen LogP contribution in [-0.4, -0.2) is 46.1 Å². The number of halogens is 1. The largest absolute Gasteiger partial charge is 0.508 e. The van der Waals surface area contributed by atoms with Crippen molar-refractivity contribution in [1.82, 2.24) is 10.2 Å². The molecule has 0 spiro atoms. The van der Waals surface area contributed by atoms with E-state index in [0.717, 1.165) is 37.7 Å². The van der Waals surface area contributed by atoms with E-state index in [1.807, 2.05) is 13.0 Å². The molecule has 0 aliphatic rings. The number of amides is 3. The summed E-state index contributed by atoms with van der Waals surface area (Å²) in [6, 6.07) is 9.53. The maximum Gasteiger partial charge on any atom is 0.408 e. The molecule has 0 radical (unpaired) electrons. The highest BCUT2D eigenvalue weighted by molar-refractivity contribution is 6.34. The quantitative estimate of drug-likeness (QED) is 0.221. The van der Waals surface area contributed by atoms with Crippen LogP contribution in [0.3, 0.4) is 0 Å². The highest BCUT2D eigenvalue weighted by Gasteiger charge is 2.35. The number of nitrogens with zero attached hydrogens (tertiary/aromatic N) is 1. The number of nitrogens with one attached hydrogen (secondary N) is 2. The summed E-state index contributed by atoms with van der Waals surface area (Å²) < 4.78 is 5.34. The third kappa shape index (κ3) is 10.4. The van der Waals surface area contributed by atoms with Crippen LogP contribution in [0.4, 0.5) is 10.5 Å². The van der Waals surface area contributed by atoms with Crippen molar-refractivity contribution < 1.29 is 24.2 Å². The van der Waals surface area contributed by atoms with Crippen molar-refractivity contribution in [3.63, 3.8) is 0 Å². The van der Waals surface area contributed by atoms with E-state index in [1.165, 1.54) is 17.0 Å². The van der Waals surface area contributed by atoms with Crippen molar-refractivity contribution in [2.45, 2.75) is 97.8 Å². The lowest BCUT2D eigenvalue weighted by Gasteiger charge is -2.34. The first-order valence-corrected chi connectivity index (χ1v) is 14.4. The molecule has 8 nitrogen and oxygen atoms in total. The van der Waals surface area contributed by atoms with Gasteiger partial charge in [-0.15, -0.1) is 0 Å². The van der Waals surface area contributed by atoms with Gasteiger partial charge in [0.25, 0.3) is 5.91 Å². The summed E-state index contributed by atoms with van der Waals surface area (Å²) in [5.41, 5.74) is 0.920. The van der Waals surface area contributed by atoms with Crippen LogP contribution in [0, 0.1) is 6.92 Å². The smallest absolute Gasteiger partial charge is 0.408 e. The van der Waals surface area contributed by atoms with Crippen LogP contribution in [0.25, 0.3) is 0 Å². The number of carbonyl (C=O) groups excluding carboxylic acids is 3. The molecule has 3 N–H and O–H groups in total. The van der Waals surface area contributed by atoms with Gasteiger partial charge < -0.3 is 25.4 Å². The van der Waals surface area contributed by atoms with Gasteiger partial charge in [0.15, 0.2) is 0 Å². The molecule has 2 aromatic carbocycles. The van der Waals surface area contributed by atoms with E-state index >= 15 is 0 Å². The van der Waals surface area contributed by atoms with Gasteiger partial charge in [0, 0.05) is 6.54 Å². The molecule has 0 bridgehead atoms. The Kier molecular flexibility index (Phi) is 12.8. The molecule has 220 valence electrons. The van der Waals surface area contributed by atoms with Gasteiger partial charge in [0.05, 0.1) is 10.7 Å². The molecule has 2 atom stereocenters.